The summed E-state index contributed by atoms with van der Waals surface area (Å²) in [5.41, 5.74) is 0.688. The Balaban J connectivity index is 2.62. The first-order valence-electron chi connectivity index (χ1n) is 7.02. The molecule has 0 heterocycles. The van der Waals surface area contributed by atoms with Crippen LogP contribution in [0, 0.1) is 16.7 Å². The van der Waals surface area contributed by atoms with Crippen LogP contribution in [0.3, 0.4) is 0 Å². The van der Waals surface area contributed by atoms with E-state index in [4.69, 9.17) is 0 Å². The van der Waals surface area contributed by atoms with Crippen molar-refractivity contribution in [3.8, 4) is 0 Å². The van der Waals surface area contributed by atoms with Crippen molar-refractivity contribution in [1.29, 1.82) is 0 Å². The maximum absolute atomic E-state index is 9.20. The normalized spacial score (nSPS) is 30.5. The van der Waals surface area contributed by atoms with Gasteiger partial charge in [0.05, 0.1) is 0 Å². The van der Waals surface area contributed by atoms with Gasteiger partial charge in [-0.25, -0.2) is 0 Å². The number of aliphatic hydroxyl groups excluding tert-OH is 1. The third kappa shape index (κ3) is 4.26. The Hall–Kier alpha value is -0.0800. The Kier molecular flexibility index (Phi) is 4.65. The van der Waals surface area contributed by atoms with Gasteiger partial charge in [-0.2, -0.15) is 0 Å². The van der Waals surface area contributed by atoms with E-state index in [9.17, 15) is 5.11 Å². The zero-order valence-corrected chi connectivity index (χ0v) is 12.5. The molecule has 0 amide bonds. The fourth-order valence-electron chi connectivity index (χ4n) is 3.27. The quantitative estimate of drug-likeness (QED) is 0.792. The van der Waals surface area contributed by atoms with E-state index in [2.05, 4.69) is 46.9 Å². The van der Waals surface area contributed by atoms with Crippen molar-refractivity contribution >= 4 is 0 Å². The van der Waals surface area contributed by atoms with Crippen LogP contribution in [0.5, 0.6) is 0 Å². The molecule has 2 nitrogen and oxygen atoms in total. The minimum Gasteiger partial charge on any atom is -0.396 e. The van der Waals surface area contributed by atoms with Gasteiger partial charge in [-0.05, 0) is 36.0 Å². The minimum absolute atomic E-state index is 0.217. The predicted molar refractivity (Wildman–Crippen MR) is 74.0 cm³/mol. The van der Waals surface area contributed by atoms with E-state index in [-0.39, 0.29) is 12.0 Å². The lowest BCUT2D eigenvalue weighted by Crippen LogP contribution is -2.47. The van der Waals surface area contributed by atoms with Crippen LogP contribution >= 0.6 is 0 Å². The Labute approximate surface area is 107 Å². The second kappa shape index (κ2) is 5.27. The van der Waals surface area contributed by atoms with Crippen LogP contribution in [0.15, 0.2) is 0 Å². The predicted octanol–water partition coefficient (Wildman–Crippen LogP) is 3.20. The monoisotopic (exact) mass is 241 g/mol. The molecular weight excluding hydrogens is 210 g/mol. The van der Waals surface area contributed by atoms with Crippen LogP contribution < -0.4 is 5.32 Å². The highest BCUT2D eigenvalue weighted by molar-refractivity contribution is 4.94. The summed E-state index contributed by atoms with van der Waals surface area (Å²) in [6.07, 6.45) is 3.42. The molecule has 0 aromatic rings. The molecule has 2 heteroatoms. The lowest BCUT2D eigenvalue weighted by molar-refractivity contribution is 0.177. The van der Waals surface area contributed by atoms with Gasteiger partial charge in [-0.1, -0.05) is 41.5 Å². The van der Waals surface area contributed by atoms with Gasteiger partial charge in [-0.15, -0.1) is 0 Å². The Morgan fingerprint density at radius 2 is 1.88 bits per heavy atom. The van der Waals surface area contributed by atoms with E-state index >= 15 is 0 Å². The van der Waals surface area contributed by atoms with Crippen molar-refractivity contribution in [1.82, 2.24) is 5.32 Å². The van der Waals surface area contributed by atoms with Gasteiger partial charge in [0.1, 0.15) is 0 Å². The molecule has 0 aliphatic heterocycles. The number of rotatable bonds is 4. The first-order valence-corrected chi connectivity index (χ1v) is 7.02. The fourth-order valence-corrected chi connectivity index (χ4v) is 3.27. The first kappa shape index (κ1) is 15.0. The molecule has 102 valence electrons. The van der Waals surface area contributed by atoms with Crippen molar-refractivity contribution in [2.24, 2.45) is 16.7 Å². The topological polar surface area (TPSA) is 32.3 Å². The number of hydrogen-bond donors (Lipinski definition) is 2. The Morgan fingerprint density at radius 1 is 1.29 bits per heavy atom. The highest BCUT2D eigenvalue weighted by atomic mass is 16.3. The van der Waals surface area contributed by atoms with Crippen molar-refractivity contribution in [2.45, 2.75) is 72.9 Å². The molecule has 0 spiro atoms. The van der Waals surface area contributed by atoms with Gasteiger partial charge in [0.25, 0.3) is 0 Å². The van der Waals surface area contributed by atoms with Crippen LogP contribution in [0.4, 0.5) is 0 Å². The molecule has 3 unspecified atom stereocenters. The lowest BCUT2D eigenvalue weighted by atomic mass is 9.84. The summed E-state index contributed by atoms with van der Waals surface area (Å²) < 4.78 is 0. The van der Waals surface area contributed by atoms with Crippen molar-refractivity contribution in [3.63, 3.8) is 0 Å². The zero-order valence-electron chi connectivity index (χ0n) is 12.5. The summed E-state index contributed by atoms with van der Waals surface area (Å²) in [4.78, 5) is 0. The molecule has 1 aliphatic rings. The molecule has 17 heavy (non-hydrogen) atoms. The van der Waals surface area contributed by atoms with E-state index in [1.807, 2.05) is 0 Å². The SMILES string of the molecule is CC1CC(C)(C)CC1NC(CCO)C(C)(C)C. The summed E-state index contributed by atoms with van der Waals surface area (Å²) in [5.74, 6) is 0.744. The minimum atomic E-state index is 0.217. The number of nitrogens with one attached hydrogen (secondary N) is 1. The molecule has 2 N–H and O–H groups in total. The standard InChI is InChI=1S/C15H31NO/c1-11-9-15(5,6)10-12(11)16-13(7-8-17)14(2,3)4/h11-13,16-17H,7-10H2,1-6H3. The average molecular weight is 241 g/mol. The number of aliphatic hydroxyl groups is 1. The molecule has 1 fully saturated rings. The van der Waals surface area contributed by atoms with Crippen LogP contribution in [0.2, 0.25) is 0 Å². The molecule has 1 aliphatic carbocycles. The summed E-state index contributed by atoms with van der Waals surface area (Å²) in [6, 6.07) is 1.02. The van der Waals surface area contributed by atoms with E-state index < -0.39 is 0 Å². The summed E-state index contributed by atoms with van der Waals surface area (Å²) in [6.45, 7) is 14.1. The first-order chi connectivity index (χ1) is 7.65. The second-order valence-electron chi connectivity index (χ2n) is 7.75. The Bertz CT molecular complexity index is 242. The maximum Gasteiger partial charge on any atom is 0.0446 e. The van der Waals surface area contributed by atoms with E-state index in [0.29, 0.717) is 17.5 Å². The van der Waals surface area contributed by atoms with Crippen LogP contribution in [0.1, 0.15) is 60.8 Å². The van der Waals surface area contributed by atoms with Gasteiger partial charge in [0.15, 0.2) is 0 Å². The number of hydrogen-bond acceptors (Lipinski definition) is 2. The van der Waals surface area contributed by atoms with E-state index in [1.54, 1.807) is 0 Å². The van der Waals surface area contributed by atoms with Crippen LogP contribution in [-0.4, -0.2) is 23.8 Å². The zero-order chi connectivity index (χ0) is 13.3. The molecule has 3 atom stereocenters. The average Bonchev–Trinajstić information content (AvgIpc) is 2.37. The fraction of sp³-hybridized carbons (Fsp3) is 1.00. The summed E-state index contributed by atoms with van der Waals surface area (Å²) >= 11 is 0. The summed E-state index contributed by atoms with van der Waals surface area (Å²) in [5, 5.41) is 13.0. The maximum atomic E-state index is 9.20. The molecule has 0 saturated heterocycles. The van der Waals surface area contributed by atoms with Crippen LogP contribution in [0.25, 0.3) is 0 Å². The van der Waals surface area contributed by atoms with Gasteiger partial charge >= 0.3 is 0 Å². The van der Waals surface area contributed by atoms with Gasteiger partial charge in [0, 0.05) is 18.7 Å². The molecule has 0 aromatic carbocycles. The second-order valence-corrected chi connectivity index (χ2v) is 7.75. The van der Waals surface area contributed by atoms with Crippen molar-refractivity contribution in [3.05, 3.63) is 0 Å². The third-order valence-corrected chi connectivity index (χ3v) is 4.21. The van der Waals surface area contributed by atoms with Gasteiger partial charge < -0.3 is 10.4 Å². The smallest absolute Gasteiger partial charge is 0.0446 e. The molecule has 0 bridgehead atoms. The Morgan fingerprint density at radius 3 is 2.24 bits per heavy atom. The van der Waals surface area contributed by atoms with Gasteiger partial charge in [0.2, 0.25) is 0 Å². The molecule has 1 rings (SSSR count). The molecule has 1 saturated carbocycles. The summed E-state index contributed by atoms with van der Waals surface area (Å²) in [7, 11) is 0. The van der Waals surface area contributed by atoms with Crippen molar-refractivity contribution in [2.75, 3.05) is 6.61 Å². The molecule has 0 aromatic heterocycles. The van der Waals surface area contributed by atoms with E-state index in [0.717, 1.165) is 12.3 Å². The van der Waals surface area contributed by atoms with Crippen LogP contribution in [-0.2, 0) is 0 Å². The third-order valence-electron chi connectivity index (χ3n) is 4.21. The molecule has 0 radical (unpaired) electrons. The molecular formula is C15H31NO. The van der Waals surface area contributed by atoms with Crippen molar-refractivity contribution < 1.29 is 5.11 Å². The lowest BCUT2D eigenvalue weighted by Gasteiger charge is -2.35. The highest BCUT2D eigenvalue weighted by Crippen LogP contribution is 2.41. The largest absolute Gasteiger partial charge is 0.396 e. The highest BCUT2D eigenvalue weighted by Gasteiger charge is 2.38. The van der Waals surface area contributed by atoms with Gasteiger partial charge in [-0.3, -0.25) is 0 Å². The van der Waals surface area contributed by atoms with E-state index in [1.165, 1.54) is 12.8 Å².